The third-order valence-electron chi connectivity index (χ3n) is 6.63. The minimum Gasteiger partial charge on any atom is -0.466 e. The van der Waals surface area contributed by atoms with E-state index in [0.717, 1.165) is 76.3 Å². The van der Waals surface area contributed by atoms with Crippen LogP contribution >= 0.6 is 0 Å². The van der Waals surface area contributed by atoms with E-state index in [2.05, 4.69) is 21.8 Å². The zero-order chi connectivity index (χ0) is 21.8. The number of amides is 2. The van der Waals surface area contributed by atoms with Gasteiger partial charge in [-0.1, -0.05) is 0 Å². The Kier molecular flexibility index (Phi) is 7.02. The summed E-state index contributed by atoms with van der Waals surface area (Å²) in [5, 5.41) is 0. The van der Waals surface area contributed by atoms with Crippen molar-refractivity contribution < 1.29 is 14.3 Å². The number of carbonyl (C=O) groups excluding carboxylic acids is 2. The number of likely N-dealkylation sites (tertiary alicyclic amines) is 1. The van der Waals surface area contributed by atoms with Crippen LogP contribution in [0.1, 0.15) is 37.6 Å². The highest BCUT2D eigenvalue weighted by molar-refractivity contribution is 5.93. The quantitative estimate of drug-likeness (QED) is 0.627. The molecule has 0 radical (unpaired) electrons. The van der Waals surface area contributed by atoms with Crippen LogP contribution in [0.15, 0.2) is 6.20 Å². The van der Waals surface area contributed by atoms with Gasteiger partial charge in [0.25, 0.3) is 0 Å². The number of urea groups is 1. The molecule has 4 heterocycles. The van der Waals surface area contributed by atoms with Gasteiger partial charge in [-0.05, 0) is 26.8 Å². The van der Waals surface area contributed by atoms with Crippen molar-refractivity contribution in [3.63, 3.8) is 0 Å². The first-order valence-electron chi connectivity index (χ1n) is 11.5. The molecule has 4 rings (SSSR count). The fraction of sp³-hybridized carbons (Fsp3) is 0.727. The van der Waals surface area contributed by atoms with Crippen LogP contribution in [-0.4, -0.2) is 102 Å². The number of hydrogen-bond donors (Lipinski definition) is 0. The minimum atomic E-state index is -0.136. The highest BCUT2D eigenvalue weighted by Crippen LogP contribution is 2.25. The molecule has 0 spiro atoms. The molecular formula is C22H34N6O3. The largest absolute Gasteiger partial charge is 0.466 e. The number of hydrogen-bond acceptors (Lipinski definition) is 7. The van der Waals surface area contributed by atoms with Crippen LogP contribution in [0.3, 0.4) is 0 Å². The summed E-state index contributed by atoms with van der Waals surface area (Å²) in [5.41, 5.74) is 2.09. The Morgan fingerprint density at radius 2 is 1.84 bits per heavy atom. The minimum absolute atomic E-state index is 0.0463. The number of anilines is 1. The highest BCUT2D eigenvalue weighted by Gasteiger charge is 2.37. The van der Waals surface area contributed by atoms with Crippen LogP contribution in [0.5, 0.6) is 0 Å². The number of nitrogens with zero attached hydrogens (tertiary/aromatic N) is 6. The van der Waals surface area contributed by atoms with Crippen molar-refractivity contribution >= 4 is 17.8 Å². The Morgan fingerprint density at radius 3 is 2.58 bits per heavy atom. The lowest BCUT2D eigenvalue weighted by Gasteiger charge is -2.36. The summed E-state index contributed by atoms with van der Waals surface area (Å²) in [4.78, 5) is 42.6. The highest BCUT2D eigenvalue weighted by atomic mass is 16.5. The number of fused-ring (bicyclic) bond motifs is 1. The summed E-state index contributed by atoms with van der Waals surface area (Å²) < 4.78 is 5.01. The number of rotatable bonds is 6. The predicted octanol–water partition coefficient (Wildman–Crippen LogP) is 1.17. The van der Waals surface area contributed by atoms with E-state index < -0.39 is 0 Å². The molecule has 9 heteroatoms. The summed E-state index contributed by atoms with van der Waals surface area (Å²) >= 11 is 0. The second-order valence-corrected chi connectivity index (χ2v) is 8.68. The molecule has 2 fully saturated rings. The molecule has 3 aliphatic heterocycles. The Labute approximate surface area is 184 Å². The summed E-state index contributed by atoms with van der Waals surface area (Å²) in [5.74, 6) is 0.547. The molecule has 0 saturated carbocycles. The van der Waals surface area contributed by atoms with Crippen molar-refractivity contribution in [2.24, 2.45) is 0 Å². The van der Waals surface area contributed by atoms with Crippen molar-refractivity contribution in [3.8, 4) is 0 Å². The molecule has 1 aromatic heterocycles. The summed E-state index contributed by atoms with van der Waals surface area (Å²) in [6.07, 6.45) is 5.86. The van der Waals surface area contributed by atoms with E-state index in [1.165, 1.54) is 0 Å². The van der Waals surface area contributed by atoms with Gasteiger partial charge in [0.05, 0.1) is 30.6 Å². The van der Waals surface area contributed by atoms with Gasteiger partial charge >= 0.3 is 12.0 Å². The van der Waals surface area contributed by atoms with Crippen LogP contribution in [0.25, 0.3) is 0 Å². The molecule has 0 atom stereocenters. The molecule has 0 aromatic carbocycles. The molecule has 0 bridgehead atoms. The lowest BCUT2D eigenvalue weighted by Crippen LogP contribution is -2.47. The molecule has 9 nitrogen and oxygen atoms in total. The fourth-order valence-electron chi connectivity index (χ4n) is 4.73. The summed E-state index contributed by atoms with van der Waals surface area (Å²) in [6.45, 7) is 8.15. The van der Waals surface area contributed by atoms with Crippen molar-refractivity contribution in [1.82, 2.24) is 24.7 Å². The van der Waals surface area contributed by atoms with E-state index in [1.54, 1.807) is 11.1 Å². The normalized spacial score (nSPS) is 21.3. The molecule has 2 saturated heterocycles. The van der Waals surface area contributed by atoms with Crippen LogP contribution in [-0.2, 0) is 22.4 Å². The predicted molar refractivity (Wildman–Crippen MR) is 117 cm³/mol. The van der Waals surface area contributed by atoms with Gasteiger partial charge in [-0.3, -0.25) is 14.7 Å². The number of carbonyl (C=O) groups is 2. The van der Waals surface area contributed by atoms with Gasteiger partial charge in [-0.15, -0.1) is 0 Å². The smallest absolute Gasteiger partial charge is 0.326 e. The zero-order valence-corrected chi connectivity index (χ0v) is 18.8. The molecule has 170 valence electrons. The van der Waals surface area contributed by atoms with Crippen molar-refractivity contribution in [1.29, 1.82) is 0 Å². The summed E-state index contributed by atoms with van der Waals surface area (Å²) in [6, 6.07) is 0.295. The van der Waals surface area contributed by atoms with Crippen LogP contribution in [0.2, 0.25) is 0 Å². The Balaban J connectivity index is 1.31. The Hall–Kier alpha value is -2.26. The van der Waals surface area contributed by atoms with Gasteiger partial charge in [0.15, 0.2) is 5.82 Å². The average molecular weight is 431 g/mol. The lowest BCUT2D eigenvalue weighted by molar-refractivity contribution is -0.143. The summed E-state index contributed by atoms with van der Waals surface area (Å²) in [7, 11) is 2.12. The topological polar surface area (TPSA) is 82.1 Å². The average Bonchev–Trinajstić information content (AvgIpc) is 3.06. The lowest BCUT2D eigenvalue weighted by atomic mass is 10.0. The van der Waals surface area contributed by atoms with E-state index in [9.17, 15) is 9.59 Å². The van der Waals surface area contributed by atoms with Gasteiger partial charge in [0.1, 0.15) is 0 Å². The van der Waals surface area contributed by atoms with Crippen molar-refractivity contribution in [3.05, 3.63) is 17.6 Å². The van der Waals surface area contributed by atoms with E-state index >= 15 is 0 Å². The van der Waals surface area contributed by atoms with Gasteiger partial charge in [0, 0.05) is 64.7 Å². The molecule has 1 aromatic rings. The fourth-order valence-corrected chi connectivity index (χ4v) is 4.73. The monoisotopic (exact) mass is 430 g/mol. The maximum Gasteiger partial charge on any atom is 0.326 e. The molecule has 3 aliphatic rings. The first kappa shape index (κ1) is 22.0. The number of ether oxygens (including phenoxy) is 1. The second kappa shape index (κ2) is 9.91. The molecule has 31 heavy (non-hydrogen) atoms. The van der Waals surface area contributed by atoms with E-state index in [-0.39, 0.29) is 18.0 Å². The van der Waals surface area contributed by atoms with Crippen LogP contribution < -0.4 is 4.90 Å². The van der Waals surface area contributed by atoms with Gasteiger partial charge in [-0.25, -0.2) is 9.78 Å². The molecule has 2 amide bonds. The van der Waals surface area contributed by atoms with Crippen molar-refractivity contribution in [2.75, 3.05) is 64.4 Å². The zero-order valence-electron chi connectivity index (χ0n) is 18.8. The number of esters is 1. The molecule has 0 N–H and O–H groups in total. The first-order valence-corrected chi connectivity index (χ1v) is 11.5. The number of aromatic nitrogens is 2. The maximum atomic E-state index is 13.2. The van der Waals surface area contributed by atoms with Crippen LogP contribution in [0, 0.1) is 0 Å². The molecule has 0 aliphatic carbocycles. The van der Waals surface area contributed by atoms with E-state index in [4.69, 9.17) is 9.72 Å². The molecule has 0 unspecified atom stereocenters. The standard InChI is InChI=1S/C22H34N6O3/c1-3-31-21(29)8-13-26-11-4-17(5-12-26)27-14-15-28(22(27)30)20-16-23-18-6-9-25(2)10-7-19(18)24-20/h16-17H,3-15H2,1-2H3. The van der Waals surface area contributed by atoms with Gasteiger partial charge in [-0.2, -0.15) is 0 Å². The Morgan fingerprint density at radius 1 is 1.10 bits per heavy atom. The number of piperidine rings is 1. The van der Waals surface area contributed by atoms with E-state index in [0.29, 0.717) is 25.4 Å². The molecular weight excluding hydrogens is 396 g/mol. The SMILES string of the molecule is CCOC(=O)CCN1CCC(N2CCN(c3cnc4c(n3)CCN(C)CC4)C2=O)CC1. The van der Waals surface area contributed by atoms with E-state index in [1.807, 2.05) is 11.8 Å². The van der Waals surface area contributed by atoms with Gasteiger partial charge < -0.3 is 19.4 Å². The van der Waals surface area contributed by atoms with Gasteiger partial charge in [0.2, 0.25) is 0 Å². The van der Waals surface area contributed by atoms with Crippen LogP contribution in [0.4, 0.5) is 10.6 Å². The van der Waals surface area contributed by atoms with Crippen molar-refractivity contribution in [2.45, 2.75) is 45.1 Å². The second-order valence-electron chi connectivity index (χ2n) is 8.68. The number of likely N-dealkylation sites (N-methyl/N-ethyl adjacent to an activating group) is 1. The maximum absolute atomic E-state index is 13.2. The Bertz CT molecular complexity index is 795. The first-order chi connectivity index (χ1) is 15.0. The third kappa shape index (κ3) is 5.15. The third-order valence-corrected chi connectivity index (χ3v) is 6.63.